The number of nitrogens with zero attached hydrogens (tertiary/aromatic N) is 2. The lowest BCUT2D eigenvalue weighted by Crippen LogP contribution is -2.53. The number of rotatable bonds is 7. The van der Waals surface area contributed by atoms with Crippen LogP contribution in [-0.2, 0) is 6.54 Å². The minimum atomic E-state index is 0.232. The van der Waals surface area contributed by atoms with Crippen LogP contribution in [0.4, 0.5) is 0 Å². The third-order valence-corrected chi connectivity index (χ3v) is 5.54. The van der Waals surface area contributed by atoms with E-state index in [1.54, 1.807) is 0 Å². The molecule has 2 aromatic rings. The summed E-state index contributed by atoms with van der Waals surface area (Å²) in [5.74, 6) is 1.08. The molecular formula is C22H32N2O2. The molecule has 1 aliphatic heterocycles. The molecule has 0 saturated carbocycles. The number of hydrogen-bond donors (Lipinski definition) is 2. The highest BCUT2D eigenvalue weighted by atomic mass is 16.3. The number of hydrogen-bond acceptors (Lipinski definition) is 4. The van der Waals surface area contributed by atoms with Gasteiger partial charge in [-0.25, -0.2) is 0 Å². The van der Waals surface area contributed by atoms with Crippen molar-refractivity contribution in [2.75, 3.05) is 32.8 Å². The van der Waals surface area contributed by atoms with Gasteiger partial charge in [0.2, 0.25) is 0 Å². The molecule has 0 bridgehead atoms. The van der Waals surface area contributed by atoms with E-state index in [1.807, 2.05) is 24.3 Å². The summed E-state index contributed by atoms with van der Waals surface area (Å²) in [4.78, 5) is 4.96. The highest BCUT2D eigenvalue weighted by Crippen LogP contribution is 2.29. The van der Waals surface area contributed by atoms with Gasteiger partial charge in [-0.1, -0.05) is 44.2 Å². The topological polar surface area (TPSA) is 46.9 Å². The number of aliphatic hydroxyl groups excluding tert-OH is 1. The third-order valence-electron chi connectivity index (χ3n) is 5.54. The molecular weight excluding hydrogens is 324 g/mol. The monoisotopic (exact) mass is 356 g/mol. The van der Waals surface area contributed by atoms with Gasteiger partial charge < -0.3 is 10.2 Å². The van der Waals surface area contributed by atoms with Crippen molar-refractivity contribution >= 4 is 10.8 Å². The maximum Gasteiger partial charge on any atom is 0.120 e. The molecule has 0 amide bonds. The molecule has 1 atom stereocenters. The van der Waals surface area contributed by atoms with E-state index in [-0.39, 0.29) is 6.61 Å². The zero-order valence-electron chi connectivity index (χ0n) is 16.1. The van der Waals surface area contributed by atoms with Crippen molar-refractivity contribution in [3.05, 3.63) is 42.0 Å². The second-order valence-electron chi connectivity index (χ2n) is 7.90. The first-order valence-corrected chi connectivity index (χ1v) is 9.85. The van der Waals surface area contributed by atoms with Gasteiger partial charge in [0.25, 0.3) is 0 Å². The number of phenolic OH excluding ortho intramolecular Hbond substituents is 1. The first-order valence-electron chi connectivity index (χ1n) is 9.85. The van der Waals surface area contributed by atoms with Crippen LogP contribution in [0.5, 0.6) is 5.75 Å². The molecule has 4 heteroatoms. The van der Waals surface area contributed by atoms with E-state index in [9.17, 15) is 10.2 Å². The van der Waals surface area contributed by atoms with Crippen LogP contribution in [0.25, 0.3) is 10.8 Å². The quantitative estimate of drug-likeness (QED) is 0.798. The number of fused-ring (bicyclic) bond motifs is 1. The van der Waals surface area contributed by atoms with E-state index < -0.39 is 0 Å². The molecule has 1 fully saturated rings. The lowest BCUT2D eigenvalue weighted by atomic mass is 10.0. The van der Waals surface area contributed by atoms with Gasteiger partial charge in [-0.2, -0.15) is 0 Å². The fourth-order valence-corrected chi connectivity index (χ4v) is 3.96. The predicted molar refractivity (Wildman–Crippen MR) is 107 cm³/mol. The van der Waals surface area contributed by atoms with Gasteiger partial charge in [-0.05, 0) is 42.1 Å². The van der Waals surface area contributed by atoms with Crippen molar-refractivity contribution in [3.8, 4) is 5.75 Å². The molecule has 1 aliphatic rings. The van der Waals surface area contributed by atoms with Crippen LogP contribution in [0.3, 0.4) is 0 Å². The number of benzene rings is 2. The number of phenols is 1. The van der Waals surface area contributed by atoms with E-state index in [4.69, 9.17) is 0 Å². The smallest absolute Gasteiger partial charge is 0.120 e. The van der Waals surface area contributed by atoms with Gasteiger partial charge in [-0.3, -0.25) is 9.80 Å². The zero-order chi connectivity index (χ0) is 18.5. The molecule has 4 nitrogen and oxygen atoms in total. The number of piperazine rings is 1. The molecule has 2 N–H and O–H groups in total. The van der Waals surface area contributed by atoms with Gasteiger partial charge in [0.1, 0.15) is 5.75 Å². The Bertz CT molecular complexity index is 716. The van der Waals surface area contributed by atoms with Crippen molar-refractivity contribution in [1.82, 2.24) is 9.80 Å². The Hall–Kier alpha value is -1.62. The van der Waals surface area contributed by atoms with Crippen molar-refractivity contribution in [2.45, 2.75) is 39.3 Å². The predicted octanol–water partition coefficient (Wildman–Crippen LogP) is 3.46. The fraction of sp³-hybridized carbons (Fsp3) is 0.545. The molecule has 142 valence electrons. The fourth-order valence-electron chi connectivity index (χ4n) is 3.96. The van der Waals surface area contributed by atoms with Crippen molar-refractivity contribution in [3.63, 3.8) is 0 Å². The van der Waals surface area contributed by atoms with E-state index in [2.05, 4.69) is 35.8 Å². The Morgan fingerprint density at radius 2 is 1.92 bits per heavy atom. The van der Waals surface area contributed by atoms with Crippen LogP contribution in [0.15, 0.2) is 36.4 Å². The standard InChI is InChI=1S/C22H32N2O2/c1-17(2)9-11-24-13-12-23(15-19(24)10-14-25)16-21-20-6-4-3-5-18(20)7-8-22(21)26/h3-8,17,19,25-26H,9-16H2,1-2H3/t19-/m0/s1. The van der Waals surface area contributed by atoms with Gasteiger partial charge in [-0.15, -0.1) is 0 Å². The summed E-state index contributed by atoms with van der Waals surface area (Å²) in [5.41, 5.74) is 1.02. The molecule has 2 aromatic carbocycles. The molecule has 0 aliphatic carbocycles. The molecule has 26 heavy (non-hydrogen) atoms. The van der Waals surface area contributed by atoms with Crippen molar-refractivity contribution in [2.24, 2.45) is 5.92 Å². The summed E-state index contributed by atoms with van der Waals surface area (Å²) < 4.78 is 0. The zero-order valence-corrected chi connectivity index (χ0v) is 16.1. The normalized spacial score (nSPS) is 19.5. The lowest BCUT2D eigenvalue weighted by molar-refractivity contribution is 0.0522. The average molecular weight is 357 g/mol. The van der Waals surface area contributed by atoms with Gasteiger partial charge >= 0.3 is 0 Å². The minimum absolute atomic E-state index is 0.232. The summed E-state index contributed by atoms with van der Waals surface area (Å²) in [7, 11) is 0. The average Bonchev–Trinajstić information content (AvgIpc) is 2.63. The van der Waals surface area contributed by atoms with Crippen molar-refractivity contribution < 1.29 is 10.2 Å². The molecule has 1 saturated heterocycles. The minimum Gasteiger partial charge on any atom is -0.508 e. The maximum absolute atomic E-state index is 10.4. The van der Waals surface area contributed by atoms with E-state index in [0.717, 1.165) is 50.1 Å². The van der Waals surface area contributed by atoms with Crippen LogP contribution in [0, 0.1) is 5.92 Å². The second-order valence-corrected chi connectivity index (χ2v) is 7.90. The number of aliphatic hydroxyl groups is 1. The van der Waals surface area contributed by atoms with Crippen LogP contribution in [0.1, 0.15) is 32.3 Å². The van der Waals surface area contributed by atoms with Gasteiger partial charge in [0.15, 0.2) is 0 Å². The maximum atomic E-state index is 10.4. The van der Waals surface area contributed by atoms with Crippen LogP contribution in [0.2, 0.25) is 0 Å². The van der Waals surface area contributed by atoms with Gasteiger partial charge in [0.05, 0.1) is 0 Å². The summed E-state index contributed by atoms with van der Waals surface area (Å²) in [6.07, 6.45) is 2.02. The molecule has 0 unspecified atom stereocenters. The summed E-state index contributed by atoms with van der Waals surface area (Å²) in [6, 6.07) is 12.4. The Morgan fingerprint density at radius 1 is 1.12 bits per heavy atom. The van der Waals surface area contributed by atoms with Gasteiger partial charge in [0, 0.05) is 44.4 Å². The largest absolute Gasteiger partial charge is 0.508 e. The Balaban J connectivity index is 1.72. The molecule has 0 radical (unpaired) electrons. The SMILES string of the molecule is CC(C)CCN1CCN(Cc2c(O)ccc3ccccc23)C[C@@H]1CCO. The molecule has 3 rings (SSSR count). The van der Waals surface area contributed by atoms with Crippen LogP contribution in [-0.4, -0.2) is 58.8 Å². The highest BCUT2D eigenvalue weighted by Gasteiger charge is 2.27. The number of aromatic hydroxyl groups is 1. The summed E-state index contributed by atoms with van der Waals surface area (Å²) >= 11 is 0. The van der Waals surface area contributed by atoms with E-state index in [0.29, 0.717) is 17.7 Å². The Kier molecular flexibility index (Phi) is 6.52. The first-order chi connectivity index (χ1) is 12.6. The van der Waals surface area contributed by atoms with Crippen LogP contribution >= 0.6 is 0 Å². The molecule has 0 aromatic heterocycles. The highest BCUT2D eigenvalue weighted by molar-refractivity contribution is 5.87. The Morgan fingerprint density at radius 3 is 2.69 bits per heavy atom. The Labute approximate surface area is 157 Å². The van der Waals surface area contributed by atoms with E-state index in [1.165, 1.54) is 11.8 Å². The third kappa shape index (κ3) is 4.56. The van der Waals surface area contributed by atoms with Crippen molar-refractivity contribution in [1.29, 1.82) is 0 Å². The summed E-state index contributed by atoms with van der Waals surface area (Å²) in [5, 5.41) is 22.2. The second kappa shape index (κ2) is 8.85. The first kappa shape index (κ1) is 19.2. The summed E-state index contributed by atoms with van der Waals surface area (Å²) in [6.45, 7) is 9.60. The lowest BCUT2D eigenvalue weighted by Gasteiger charge is -2.42. The molecule has 0 spiro atoms. The van der Waals surface area contributed by atoms with E-state index >= 15 is 0 Å². The molecule has 1 heterocycles. The van der Waals surface area contributed by atoms with Crippen LogP contribution < -0.4 is 0 Å².